The Balaban J connectivity index is 1.97. The quantitative estimate of drug-likeness (QED) is 0.683. The van der Waals surface area contributed by atoms with E-state index in [4.69, 9.17) is 10.5 Å². The summed E-state index contributed by atoms with van der Waals surface area (Å²) in [5, 5.41) is 0. The lowest BCUT2D eigenvalue weighted by Gasteiger charge is -2.36. The lowest BCUT2D eigenvalue weighted by molar-refractivity contribution is -0.193. The number of nitrogens with zero attached hydrogens (tertiary/aromatic N) is 1. The van der Waals surface area contributed by atoms with E-state index in [-0.39, 0.29) is 12.8 Å². The molecule has 0 amide bonds. The molecule has 4 nitrogen and oxygen atoms in total. The SMILES string of the molecule is CC(C)(C)OC(=O)C(F)(F)C1CCN(c2ccc(N)cc2)CC1. The number of nitrogens with two attached hydrogens (primary N) is 1. The van der Waals surface area contributed by atoms with E-state index in [1.165, 1.54) is 0 Å². The number of esters is 1. The standard InChI is InChI=1S/C17H24F2N2O2/c1-16(2,3)23-15(22)17(18,19)12-8-10-21(11-9-12)14-6-4-13(20)5-7-14/h4-7,12H,8-11,20H2,1-3H3. The van der Waals surface area contributed by atoms with E-state index in [2.05, 4.69) is 0 Å². The Morgan fingerprint density at radius 2 is 1.70 bits per heavy atom. The molecule has 0 bridgehead atoms. The van der Waals surface area contributed by atoms with E-state index in [1.54, 1.807) is 32.9 Å². The van der Waals surface area contributed by atoms with Gasteiger partial charge in [-0.2, -0.15) is 8.78 Å². The number of rotatable bonds is 3. The van der Waals surface area contributed by atoms with Crippen molar-refractivity contribution in [2.45, 2.75) is 45.1 Å². The fourth-order valence-electron chi connectivity index (χ4n) is 2.70. The van der Waals surface area contributed by atoms with Gasteiger partial charge in [0.1, 0.15) is 5.60 Å². The molecule has 1 aliphatic heterocycles. The molecule has 23 heavy (non-hydrogen) atoms. The van der Waals surface area contributed by atoms with E-state index >= 15 is 0 Å². The second-order valence-electron chi connectivity index (χ2n) is 6.98. The number of nitrogen functional groups attached to an aromatic ring is 1. The maximum absolute atomic E-state index is 14.3. The molecule has 6 heteroatoms. The molecule has 0 aliphatic carbocycles. The van der Waals surface area contributed by atoms with Crippen LogP contribution in [0.15, 0.2) is 24.3 Å². The summed E-state index contributed by atoms with van der Waals surface area (Å²) >= 11 is 0. The van der Waals surface area contributed by atoms with Crippen LogP contribution in [0.1, 0.15) is 33.6 Å². The van der Waals surface area contributed by atoms with Crippen LogP contribution in [0.25, 0.3) is 0 Å². The summed E-state index contributed by atoms with van der Waals surface area (Å²) in [5.74, 6) is -5.85. The number of ether oxygens (including phenoxy) is 1. The molecule has 1 fully saturated rings. The highest BCUT2D eigenvalue weighted by Crippen LogP contribution is 2.36. The predicted molar refractivity (Wildman–Crippen MR) is 86.6 cm³/mol. The molecule has 0 aromatic heterocycles. The lowest BCUT2D eigenvalue weighted by Crippen LogP contribution is -2.47. The van der Waals surface area contributed by atoms with Gasteiger partial charge in [0.15, 0.2) is 0 Å². The number of benzene rings is 1. The number of anilines is 2. The van der Waals surface area contributed by atoms with Crippen LogP contribution in [0.4, 0.5) is 20.2 Å². The maximum atomic E-state index is 14.3. The third kappa shape index (κ3) is 4.33. The van der Waals surface area contributed by atoms with Gasteiger partial charge in [-0.3, -0.25) is 0 Å². The smallest absolute Gasteiger partial charge is 0.377 e. The first kappa shape index (κ1) is 17.5. The minimum Gasteiger partial charge on any atom is -0.456 e. The summed E-state index contributed by atoms with van der Waals surface area (Å²) in [6.45, 7) is 5.72. The van der Waals surface area contributed by atoms with Gasteiger partial charge in [-0.25, -0.2) is 4.79 Å². The van der Waals surface area contributed by atoms with Crippen molar-refractivity contribution in [1.29, 1.82) is 0 Å². The molecule has 1 aromatic rings. The molecule has 2 rings (SSSR count). The minimum atomic E-state index is -3.44. The molecule has 0 atom stereocenters. The first-order valence-corrected chi connectivity index (χ1v) is 7.81. The fraction of sp³-hybridized carbons (Fsp3) is 0.588. The van der Waals surface area contributed by atoms with Gasteiger partial charge < -0.3 is 15.4 Å². The van der Waals surface area contributed by atoms with Crippen molar-refractivity contribution in [3.8, 4) is 0 Å². The van der Waals surface area contributed by atoms with E-state index in [0.29, 0.717) is 18.8 Å². The Hall–Kier alpha value is -1.85. The van der Waals surface area contributed by atoms with Gasteiger partial charge in [-0.05, 0) is 57.9 Å². The Labute approximate surface area is 135 Å². The van der Waals surface area contributed by atoms with Crippen LogP contribution in [0, 0.1) is 5.92 Å². The zero-order valence-corrected chi connectivity index (χ0v) is 13.8. The molecular formula is C17H24F2N2O2. The molecule has 128 valence electrons. The van der Waals surface area contributed by atoms with Gasteiger partial charge in [0.05, 0.1) is 0 Å². The number of carbonyl (C=O) groups is 1. The summed E-state index contributed by atoms with van der Waals surface area (Å²) in [6.07, 6.45) is 0.493. The first-order chi connectivity index (χ1) is 10.6. The van der Waals surface area contributed by atoms with Gasteiger partial charge in [0, 0.05) is 30.4 Å². The normalized spacial score (nSPS) is 17.2. The summed E-state index contributed by atoms with van der Waals surface area (Å²) < 4.78 is 33.5. The van der Waals surface area contributed by atoms with Crippen LogP contribution in [0.3, 0.4) is 0 Å². The molecule has 1 heterocycles. The van der Waals surface area contributed by atoms with Gasteiger partial charge in [0.2, 0.25) is 0 Å². The highest BCUT2D eigenvalue weighted by Gasteiger charge is 2.50. The van der Waals surface area contributed by atoms with Crippen molar-refractivity contribution in [2.24, 2.45) is 5.92 Å². The van der Waals surface area contributed by atoms with Crippen LogP contribution in [-0.2, 0) is 9.53 Å². The van der Waals surface area contributed by atoms with E-state index in [1.807, 2.05) is 17.0 Å². The number of halogens is 2. The third-order valence-electron chi connectivity index (χ3n) is 3.94. The fourth-order valence-corrected chi connectivity index (χ4v) is 2.70. The highest BCUT2D eigenvalue weighted by atomic mass is 19.3. The van der Waals surface area contributed by atoms with Crippen molar-refractivity contribution in [3.63, 3.8) is 0 Å². The first-order valence-electron chi connectivity index (χ1n) is 7.81. The largest absolute Gasteiger partial charge is 0.456 e. The topological polar surface area (TPSA) is 55.6 Å². The molecule has 2 N–H and O–H groups in total. The zero-order chi connectivity index (χ0) is 17.3. The van der Waals surface area contributed by atoms with Crippen LogP contribution >= 0.6 is 0 Å². The molecule has 1 aliphatic rings. The molecule has 1 saturated heterocycles. The van der Waals surface area contributed by atoms with Crippen molar-refractivity contribution in [3.05, 3.63) is 24.3 Å². The molecule has 0 unspecified atom stereocenters. The predicted octanol–water partition coefficient (Wildman–Crippen LogP) is 3.46. The van der Waals surface area contributed by atoms with Gasteiger partial charge >= 0.3 is 11.9 Å². The average Bonchev–Trinajstić information content (AvgIpc) is 2.46. The summed E-state index contributed by atoms with van der Waals surface area (Å²) in [6, 6.07) is 7.33. The molecular weight excluding hydrogens is 302 g/mol. The Morgan fingerprint density at radius 3 is 2.17 bits per heavy atom. The Bertz CT molecular complexity index is 545. The van der Waals surface area contributed by atoms with Crippen LogP contribution in [0.5, 0.6) is 0 Å². The number of alkyl halides is 2. The van der Waals surface area contributed by atoms with E-state index in [9.17, 15) is 13.6 Å². The zero-order valence-electron chi connectivity index (χ0n) is 13.8. The minimum absolute atomic E-state index is 0.247. The van der Waals surface area contributed by atoms with Crippen LogP contribution < -0.4 is 10.6 Å². The van der Waals surface area contributed by atoms with E-state index in [0.717, 1.165) is 5.69 Å². The number of carbonyl (C=O) groups excluding carboxylic acids is 1. The summed E-state index contributed by atoms with van der Waals surface area (Å²) in [4.78, 5) is 13.8. The third-order valence-corrected chi connectivity index (χ3v) is 3.94. The summed E-state index contributed by atoms with van der Waals surface area (Å²) in [7, 11) is 0. The Kier molecular flexibility index (Phi) is 4.82. The van der Waals surface area contributed by atoms with Crippen molar-refractivity contribution >= 4 is 17.3 Å². The lowest BCUT2D eigenvalue weighted by atomic mass is 9.90. The highest BCUT2D eigenvalue weighted by molar-refractivity contribution is 5.78. The second-order valence-corrected chi connectivity index (χ2v) is 6.98. The van der Waals surface area contributed by atoms with Gasteiger partial charge in [-0.1, -0.05) is 0 Å². The van der Waals surface area contributed by atoms with Crippen molar-refractivity contribution in [1.82, 2.24) is 0 Å². The molecule has 0 radical (unpaired) electrons. The number of piperidine rings is 1. The maximum Gasteiger partial charge on any atom is 0.377 e. The van der Waals surface area contributed by atoms with Crippen molar-refractivity contribution < 1.29 is 18.3 Å². The number of hydrogen-bond acceptors (Lipinski definition) is 4. The van der Waals surface area contributed by atoms with Gasteiger partial charge in [0.25, 0.3) is 0 Å². The molecule has 0 saturated carbocycles. The van der Waals surface area contributed by atoms with Crippen LogP contribution in [-0.4, -0.2) is 30.6 Å². The molecule has 0 spiro atoms. The van der Waals surface area contributed by atoms with Gasteiger partial charge in [-0.15, -0.1) is 0 Å². The second kappa shape index (κ2) is 6.34. The monoisotopic (exact) mass is 326 g/mol. The summed E-state index contributed by atoms with van der Waals surface area (Å²) in [5.41, 5.74) is 6.36. The van der Waals surface area contributed by atoms with Crippen LogP contribution in [0.2, 0.25) is 0 Å². The molecule has 1 aromatic carbocycles. The Morgan fingerprint density at radius 1 is 1.17 bits per heavy atom. The number of hydrogen-bond donors (Lipinski definition) is 1. The van der Waals surface area contributed by atoms with E-state index < -0.39 is 23.4 Å². The van der Waals surface area contributed by atoms with Crippen molar-refractivity contribution in [2.75, 3.05) is 23.7 Å². The average molecular weight is 326 g/mol.